The van der Waals surface area contributed by atoms with Crippen LogP contribution in [0.4, 0.5) is 5.69 Å². The van der Waals surface area contributed by atoms with E-state index in [9.17, 15) is 14.4 Å². The Labute approximate surface area is 281 Å². The van der Waals surface area contributed by atoms with Gasteiger partial charge in [-0.2, -0.15) is 0 Å². The second-order valence-corrected chi connectivity index (χ2v) is 11.8. The molecule has 11 heteroatoms. The van der Waals surface area contributed by atoms with E-state index in [4.69, 9.17) is 47.3 Å². The molecule has 2 aliphatic rings. The zero-order valence-corrected chi connectivity index (χ0v) is 26.8. The largest absolute Gasteiger partial charge is 0.482 e. The average Bonchev–Trinajstić information content (AvgIpc) is 3.36. The lowest BCUT2D eigenvalue weighted by Gasteiger charge is -2.36. The number of carboxylic acid groups (broad SMARTS) is 1. The fourth-order valence-electron chi connectivity index (χ4n) is 6.00. The Morgan fingerprint density at radius 2 is 1.49 bits per heavy atom. The fraction of sp³-hybridized carbons (Fsp3) is 0.250. The van der Waals surface area contributed by atoms with Crippen LogP contribution in [-0.2, 0) is 26.3 Å². The van der Waals surface area contributed by atoms with Crippen molar-refractivity contribution in [3.63, 3.8) is 0 Å². The van der Waals surface area contributed by atoms with Crippen molar-refractivity contribution in [3.8, 4) is 23.0 Å². The number of hydrogen-bond acceptors (Lipinski definition) is 8. The highest BCUT2D eigenvalue weighted by Gasteiger charge is 2.53. The van der Waals surface area contributed by atoms with E-state index < -0.39 is 30.1 Å². The molecule has 2 aliphatic heterocycles. The first kappa shape index (κ1) is 32.2. The summed E-state index contributed by atoms with van der Waals surface area (Å²) < 4.78 is 23.5. The molecule has 1 spiro atoms. The highest BCUT2D eigenvalue weighted by molar-refractivity contribution is 6.18. The van der Waals surface area contributed by atoms with E-state index >= 15 is 0 Å². The molecule has 0 aromatic heterocycles. The van der Waals surface area contributed by atoms with Gasteiger partial charge in [0.25, 0.3) is 0 Å². The van der Waals surface area contributed by atoms with Crippen molar-refractivity contribution < 1.29 is 38.4 Å². The number of rotatable bonds is 13. The molecule has 0 bridgehead atoms. The third-order valence-corrected chi connectivity index (χ3v) is 8.45. The van der Waals surface area contributed by atoms with Gasteiger partial charge in [0.2, 0.25) is 0 Å². The predicted molar refractivity (Wildman–Crippen MR) is 176 cm³/mol. The molecular formula is C36H31Cl2NO8. The lowest BCUT2D eigenvalue weighted by Crippen LogP contribution is -2.33. The minimum absolute atomic E-state index is 0.201. The molecule has 0 aliphatic carbocycles. The molecule has 0 fully saturated rings. The topological polar surface area (TPSA) is 112 Å². The summed E-state index contributed by atoms with van der Waals surface area (Å²) in [7, 11) is 0. The molecule has 0 amide bonds. The number of nitrogens with zero attached hydrogens (tertiary/aromatic N) is 1. The maximum atomic E-state index is 13.1. The number of carbonyl (C=O) groups excluding carboxylic acids is 2. The van der Waals surface area contributed by atoms with Crippen molar-refractivity contribution >= 4 is 46.8 Å². The normalized spacial score (nSPS) is 15.6. The summed E-state index contributed by atoms with van der Waals surface area (Å²) in [6, 6.07) is 25.1. The van der Waals surface area contributed by atoms with E-state index in [0.717, 1.165) is 11.3 Å². The van der Waals surface area contributed by atoms with Crippen molar-refractivity contribution in [3.05, 3.63) is 113 Å². The van der Waals surface area contributed by atoms with Gasteiger partial charge in [-0.25, -0.2) is 9.59 Å². The van der Waals surface area contributed by atoms with Crippen LogP contribution >= 0.6 is 23.2 Å². The highest BCUT2D eigenvalue weighted by Crippen LogP contribution is 2.57. The molecule has 0 radical (unpaired) electrons. The third kappa shape index (κ3) is 6.59. The molecule has 1 N–H and O–H groups in total. The monoisotopic (exact) mass is 675 g/mol. The molecule has 242 valence electrons. The Bertz CT molecular complexity index is 1810. The first-order chi connectivity index (χ1) is 22.8. The smallest absolute Gasteiger partial charge is 0.341 e. The predicted octanol–water partition coefficient (Wildman–Crippen LogP) is 6.93. The number of fused-ring (bicyclic) bond motifs is 6. The minimum atomic E-state index is -1.33. The minimum Gasteiger partial charge on any atom is -0.482 e. The van der Waals surface area contributed by atoms with E-state index in [1.54, 1.807) is 48.5 Å². The first-order valence-corrected chi connectivity index (χ1v) is 16.2. The number of anilines is 1. The van der Waals surface area contributed by atoms with E-state index in [-0.39, 0.29) is 17.9 Å². The van der Waals surface area contributed by atoms with Crippen LogP contribution in [-0.4, -0.2) is 54.5 Å². The summed E-state index contributed by atoms with van der Waals surface area (Å²) in [4.78, 5) is 39.1. The van der Waals surface area contributed by atoms with Crippen molar-refractivity contribution in [2.24, 2.45) is 0 Å². The lowest BCUT2D eigenvalue weighted by atomic mass is 9.77. The number of carboxylic acids is 1. The molecule has 47 heavy (non-hydrogen) atoms. The molecule has 1 unspecified atom stereocenters. The average molecular weight is 677 g/mol. The zero-order chi connectivity index (χ0) is 33.0. The maximum absolute atomic E-state index is 13.1. The van der Waals surface area contributed by atoms with Gasteiger partial charge < -0.3 is 29.0 Å². The van der Waals surface area contributed by atoms with Gasteiger partial charge in [0, 0.05) is 65.8 Å². The van der Waals surface area contributed by atoms with E-state index in [1.165, 1.54) is 0 Å². The van der Waals surface area contributed by atoms with Gasteiger partial charge in [-0.05, 0) is 60.9 Å². The van der Waals surface area contributed by atoms with Gasteiger partial charge in [0.05, 0.1) is 5.56 Å². The van der Waals surface area contributed by atoms with E-state index in [1.807, 2.05) is 36.4 Å². The second kappa shape index (κ2) is 13.9. The Morgan fingerprint density at radius 3 is 2.17 bits per heavy atom. The van der Waals surface area contributed by atoms with Crippen LogP contribution in [0, 0.1) is 0 Å². The third-order valence-electron chi connectivity index (χ3n) is 8.11. The Balaban J connectivity index is 1.19. The number of carbonyl (C=O) groups is 3. The number of aliphatic carboxylic acids is 1. The van der Waals surface area contributed by atoms with Crippen molar-refractivity contribution in [1.29, 1.82) is 0 Å². The molecule has 1 atom stereocenters. The molecule has 6 rings (SSSR count). The summed E-state index contributed by atoms with van der Waals surface area (Å²) >= 11 is 11.9. The van der Waals surface area contributed by atoms with Crippen LogP contribution in [0.2, 0.25) is 0 Å². The van der Waals surface area contributed by atoms with Crippen LogP contribution in [0.5, 0.6) is 23.0 Å². The van der Waals surface area contributed by atoms with Crippen LogP contribution in [0.3, 0.4) is 0 Å². The van der Waals surface area contributed by atoms with E-state index in [2.05, 4.69) is 4.90 Å². The van der Waals surface area contributed by atoms with Crippen molar-refractivity contribution in [2.75, 3.05) is 36.4 Å². The van der Waals surface area contributed by atoms with Gasteiger partial charge >= 0.3 is 17.9 Å². The van der Waals surface area contributed by atoms with Gasteiger partial charge in [0.15, 0.2) is 12.2 Å². The SMILES string of the molecule is O=C(O)COc1ccc2c(c1)Oc1cc(OC(=O)CCCc3ccc(N(CCCl)CCCl)cc3)ccc1C21OC(=O)c2ccccc21. The fourth-order valence-corrected chi connectivity index (χ4v) is 6.41. The van der Waals surface area contributed by atoms with Crippen LogP contribution in [0.15, 0.2) is 84.9 Å². The van der Waals surface area contributed by atoms with Crippen molar-refractivity contribution in [1.82, 2.24) is 0 Å². The van der Waals surface area contributed by atoms with Gasteiger partial charge in [0.1, 0.15) is 23.0 Å². The Hall–Kier alpha value is -4.73. The quantitative estimate of drug-likeness (QED) is 0.0916. The summed E-state index contributed by atoms with van der Waals surface area (Å²) in [6.07, 6.45) is 1.49. The summed E-state index contributed by atoms with van der Waals surface area (Å²) in [5.74, 6) is 0.181. The molecule has 2 heterocycles. The molecule has 9 nitrogen and oxygen atoms in total. The maximum Gasteiger partial charge on any atom is 0.341 e. The van der Waals surface area contributed by atoms with Crippen molar-refractivity contribution in [2.45, 2.75) is 24.9 Å². The molecule has 0 saturated heterocycles. The Kier molecular flexibility index (Phi) is 9.56. The Morgan fingerprint density at radius 1 is 0.830 bits per heavy atom. The number of ether oxygens (including phenoxy) is 4. The van der Waals surface area contributed by atoms with E-state index in [0.29, 0.717) is 71.4 Å². The molecule has 0 saturated carbocycles. The standard InChI is InChI=1S/C36H31Cl2NO8/c37-16-18-39(19-17-38)24-10-8-23(9-11-24)4-3-7-34(42)45-26-13-15-30-32(21-26)46-31-20-25(44-22-33(40)41)12-14-29(31)36(30)28-6-2-1-5-27(28)35(43)47-36/h1-2,5-6,8-15,20-21H,3-4,7,16-19,22H2,(H,40,41). The number of esters is 2. The van der Waals surface area contributed by atoms with Crippen LogP contribution in [0.25, 0.3) is 0 Å². The van der Waals surface area contributed by atoms with Crippen LogP contribution in [0.1, 0.15) is 45.5 Å². The number of hydrogen-bond donors (Lipinski definition) is 1. The molecule has 4 aromatic carbocycles. The number of alkyl halides is 2. The van der Waals surface area contributed by atoms with Gasteiger partial charge in [-0.1, -0.05) is 30.3 Å². The van der Waals surface area contributed by atoms with Crippen LogP contribution < -0.4 is 19.1 Å². The number of aryl methyl sites for hydroxylation is 1. The molecule has 4 aromatic rings. The zero-order valence-electron chi connectivity index (χ0n) is 25.2. The van der Waals surface area contributed by atoms with Gasteiger partial charge in [-0.15, -0.1) is 23.2 Å². The second-order valence-electron chi connectivity index (χ2n) is 11.1. The first-order valence-electron chi connectivity index (χ1n) is 15.1. The summed E-state index contributed by atoms with van der Waals surface area (Å²) in [6.45, 7) is 0.883. The number of benzene rings is 4. The van der Waals surface area contributed by atoms with Gasteiger partial charge in [-0.3, -0.25) is 4.79 Å². The highest BCUT2D eigenvalue weighted by atomic mass is 35.5. The lowest BCUT2D eigenvalue weighted by molar-refractivity contribution is -0.139. The summed E-state index contributed by atoms with van der Waals surface area (Å²) in [5, 5.41) is 9.06. The molecular weight excluding hydrogens is 645 g/mol. The summed E-state index contributed by atoms with van der Waals surface area (Å²) in [5.41, 5.74) is 2.99. The number of halogens is 2.